The second-order valence-electron chi connectivity index (χ2n) is 7.89. The van der Waals surface area contributed by atoms with Gasteiger partial charge in [0, 0.05) is 38.6 Å². The molecule has 156 valence electrons. The normalized spacial score (nSPS) is 12.0. The van der Waals surface area contributed by atoms with Crippen molar-refractivity contribution in [3.05, 3.63) is 48.3 Å². The predicted molar refractivity (Wildman–Crippen MR) is 129 cm³/mol. The van der Waals surface area contributed by atoms with Crippen molar-refractivity contribution in [2.75, 3.05) is 40.3 Å². The Morgan fingerprint density at radius 1 is 1.18 bits per heavy atom. The number of hydrogen-bond acceptors (Lipinski definition) is 3. The molecule has 0 atom stereocenters. The highest BCUT2D eigenvalue weighted by atomic mass is 127. The Labute approximate surface area is 186 Å². The van der Waals surface area contributed by atoms with Gasteiger partial charge in [0.05, 0.1) is 5.69 Å². The van der Waals surface area contributed by atoms with Gasteiger partial charge in [-0.1, -0.05) is 26.0 Å². The zero-order valence-corrected chi connectivity index (χ0v) is 20.1. The number of hydrogen-bond donors (Lipinski definition) is 2. The summed E-state index contributed by atoms with van der Waals surface area (Å²) in [5, 5.41) is 11.0. The summed E-state index contributed by atoms with van der Waals surface area (Å²) in [7, 11) is 4.21. The molecular weight excluding hydrogens is 463 g/mol. The first-order valence-electron chi connectivity index (χ1n) is 9.65. The van der Waals surface area contributed by atoms with Crippen LogP contribution >= 0.6 is 24.0 Å². The highest BCUT2D eigenvalue weighted by Crippen LogP contribution is 2.16. The number of aromatic nitrogens is 2. The minimum Gasteiger partial charge on any atom is -0.357 e. The molecule has 2 N–H and O–H groups in total. The molecule has 0 saturated carbocycles. The standard InChI is InChI=1S/C21H34N6.HI/c1-6-22-20(24-16-21(2,3)17-26(4)5)23-14-12-18-8-10-19(11-9-18)27-15-7-13-25-27;/h7-11,13,15H,6,12,14,16-17H2,1-5H3,(H2,22,23,24);1H. The van der Waals surface area contributed by atoms with Crippen molar-refractivity contribution in [2.45, 2.75) is 27.2 Å². The van der Waals surface area contributed by atoms with Gasteiger partial charge in [-0.3, -0.25) is 4.99 Å². The molecule has 2 rings (SSSR count). The van der Waals surface area contributed by atoms with Gasteiger partial charge in [0.1, 0.15) is 0 Å². The van der Waals surface area contributed by atoms with E-state index >= 15 is 0 Å². The number of nitrogens with zero attached hydrogens (tertiary/aromatic N) is 4. The molecule has 2 aromatic rings. The second kappa shape index (κ2) is 12.1. The Hall–Kier alpha value is -1.61. The van der Waals surface area contributed by atoms with Crippen LogP contribution in [0.4, 0.5) is 0 Å². The Morgan fingerprint density at radius 3 is 2.46 bits per heavy atom. The number of rotatable bonds is 9. The van der Waals surface area contributed by atoms with E-state index in [1.165, 1.54) is 5.56 Å². The third kappa shape index (κ3) is 8.60. The van der Waals surface area contributed by atoms with Crippen LogP contribution in [0.1, 0.15) is 26.3 Å². The topological polar surface area (TPSA) is 57.5 Å². The van der Waals surface area contributed by atoms with Gasteiger partial charge < -0.3 is 15.5 Å². The smallest absolute Gasteiger partial charge is 0.191 e. The van der Waals surface area contributed by atoms with Crippen molar-refractivity contribution in [1.29, 1.82) is 0 Å². The van der Waals surface area contributed by atoms with Gasteiger partial charge in [0.2, 0.25) is 0 Å². The molecule has 1 aromatic heterocycles. The Kier molecular flexibility index (Phi) is 10.5. The summed E-state index contributed by atoms with van der Waals surface area (Å²) in [6, 6.07) is 10.4. The van der Waals surface area contributed by atoms with Crippen molar-refractivity contribution in [3.63, 3.8) is 0 Å². The average molecular weight is 498 g/mol. The fraction of sp³-hybridized carbons (Fsp3) is 0.524. The lowest BCUT2D eigenvalue weighted by Gasteiger charge is -2.26. The van der Waals surface area contributed by atoms with Gasteiger partial charge in [-0.2, -0.15) is 5.10 Å². The van der Waals surface area contributed by atoms with E-state index in [9.17, 15) is 0 Å². The molecule has 0 fully saturated rings. The summed E-state index contributed by atoms with van der Waals surface area (Å²) in [5.41, 5.74) is 2.52. The summed E-state index contributed by atoms with van der Waals surface area (Å²) in [6.45, 7) is 10.1. The Balaban J connectivity index is 0.00000392. The number of nitrogens with one attached hydrogen (secondary N) is 2. The van der Waals surface area contributed by atoms with Crippen molar-refractivity contribution in [3.8, 4) is 5.69 Å². The molecule has 0 saturated heterocycles. The molecule has 6 nitrogen and oxygen atoms in total. The van der Waals surface area contributed by atoms with Crippen LogP contribution in [-0.4, -0.2) is 60.9 Å². The molecule has 0 amide bonds. The third-order valence-corrected chi connectivity index (χ3v) is 4.17. The lowest BCUT2D eigenvalue weighted by molar-refractivity contribution is 0.248. The molecule has 1 heterocycles. The molecule has 0 unspecified atom stereocenters. The van der Waals surface area contributed by atoms with Gasteiger partial charge in [-0.15, -0.1) is 24.0 Å². The molecule has 0 aliphatic rings. The molecule has 28 heavy (non-hydrogen) atoms. The number of benzene rings is 1. The minimum atomic E-state index is 0. The van der Waals surface area contributed by atoms with Crippen molar-refractivity contribution in [2.24, 2.45) is 10.4 Å². The predicted octanol–water partition coefficient (Wildman–Crippen LogP) is 3.18. The summed E-state index contributed by atoms with van der Waals surface area (Å²) >= 11 is 0. The highest BCUT2D eigenvalue weighted by Gasteiger charge is 2.18. The minimum absolute atomic E-state index is 0. The van der Waals surface area contributed by atoms with E-state index in [1.54, 1.807) is 6.20 Å². The molecule has 7 heteroatoms. The van der Waals surface area contributed by atoms with Gasteiger partial charge in [0.15, 0.2) is 5.96 Å². The summed E-state index contributed by atoms with van der Waals surface area (Å²) in [4.78, 5) is 6.98. The first-order chi connectivity index (χ1) is 12.9. The van der Waals surface area contributed by atoms with E-state index in [4.69, 9.17) is 4.99 Å². The number of guanidine groups is 1. The van der Waals surface area contributed by atoms with Crippen LogP contribution in [0.5, 0.6) is 0 Å². The van der Waals surface area contributed by atoms with Gasteiger partial charge in [-0.05, 0) is 56.6 Å². The first-order valence-corrected chi connectivity index (χ1v) is 9.65. The van der Waals surface area contributed by atoms with E-state index in [0.717, 1.165) is 44.2 Å². The Morgan fingerprint density at radius 2 is 1.89 bits per heavy atom. The zero-order chi connectivity index (χ0) is 19.7. The fourth-order valence-electron chi connectivity index (χ4n) is 3.10. The average Bonchev–Trinajstić information content (AvgIpc) is 3.14. The maximum absolute atomic E-state index is 4.77. The maximum Gasteiger partial charge on any atom is 0.191 e. The molecule has 0 aliphatic heterocycles. The first kappa shape index (κ1) is 24.4. The molecular formula is C21H35IN6. The highest BCUT2D eigenvalue weighted by molar-refractivity contribution is 14.0. The summed E-state index contributed by atoms with van der Waals surface area (Å²) < 4.78 is 1.87. The summed E-state index contributed by atoms with van der Waals surface area (Å²) in [5.74, 6) is 0.887. The SMILES string of the molecule is CCNC(=NCC(C)(C)CN(C)C)NCCc1ccc(-n2cccn2)cc1.I. The van der Waals surface area contributed by atoms with Gasteiger partial charge in [-0.25, -0.2) is 4.68 Å². The van der Waals surface area contributed by atoms with Crippen LogP contribution in [0.3, 0.4) is 0 Å². The molecule has 0 spiro atoms. The molecule has 0 radical (unpaired) electrons. The van der Waals surface area contributed by atoms with E-state index in [-0.39, 0.29) is 29.4 Å². The quantitative estimate of drug-likeness (QED) is 0.317. The van der Waals surface area contributed by atoms with Crippen molar-refractivity contribution < 1.29 is 0 Å². The van der Waals surface area contributed by atoms with E-state index in [1.807, 2.05) is 16.9 Å². The van der Waals surface area contributed by atoms with Crippen LogP contribution in [0.2, 0.25) is 0 Å². The van der Waals surface area contributed by atoms with Crippen LogP contribution in [0.25, 0.3) is 5.69 Å². The number of halogens is 1. The zero-order valence-electron chi connectivity index (χ0n) is 17.8. The molecule has 1 aromatic carbocycles. The maximum atomic E-state index is 4.77. The lowest BCUT2D eigenvalue weighted by Crippen LogP contribution is -2.40. The monoisotopic (exact) mass is 498 g/mol. The van der Waals surface area contributed by atoms with Gasteiger partial charge >= 0.3 is 0 Å². The Bertz CT molecular complexity index is 692. The largest absolute Gasteiger partial charge is 0.357 e. The van der Waals surface area contributed by atoms with Crippen LogP contribution in [0, 0.1) is 5.41 Å². The van der Waals surface area contributed by atoms with Crippen molar-refractivity contribution >= 4 is 29.9 Å². The third-order valence-electron chi connectivity index (χ3n) is 4.17. The van der Waals surface area contributed by atoms with Crippen LogP contribution in [0.15, 0.2) is 47.7 Å². The van der Waals surface area contributed by atoms with Crippen LogP contribution in [-0.2, 0) is 6.42 Å². The van der Waals surface area contributed by atoms with Crippen LogP contribution < -0.4 is 10.6 Å². The second-order valence-corrected chi connectivity index (χ2v) is 7.89. The molecule has 0 bridgehead atoms. The van der Waals surface area contributed by atoms with E-state index in [0.29, 0.717) is 0 Å². The van der Waals surface area contributed by atoms with Gasteiger partial charge in [0.25, 0.3) is 0 Å². The summed E-state index contributed by atoms with van der Waals surface area (Å²) in [6.07, 6.45) is 4.69. The molecule has 0 aliphatic carbocycles. The fourth-order valence-corrected chi connectivity index (χ4v) is 3.10. The van der Waals surface area contributed by atoms with E-state index in [2.05, 4.69) is 79.8 Å². The number of aliphatic imine (C=N–C) groups is 1. The lowest BCUT2D eigenvalue weighted by atomic mass is 9.93. The van der Waals surface area contributed by atoms with Crippen molar-refractivity contribution in [1.82, 2.24) is 25.3 Å². The van der Waals surface area contributed by atoms with E-state index < -0.39 is 0 Å².